The van der Waals surface area contributed by atoms with Crippen LogP contribution in [0, 0.1) is 0 Å². The van der Waals surface area contributed by atoms with Crippen molar-refractivity contribution in [3.05, 3.63) is 34.3 Å². The summed E-state index contributed by atoms with van der Waals surface area (Å²) in [5.74, 6) is 0.514. The number of aliphatic hydroxyl groups is 1. The van der Waals surface area contributed by atoms with Gasteiger partial charge in [0.25, 0.3) is 0 Å². The third kappa shape index (κ3) is 2.82. The molecule has 0 heterocycles. The summed E-state index contributed by atoms with van der Waals surface area (Å²) < 4.78 is 5.38. The van der Waals surface area contributed by atoms with Gasteiger partial charge in [-0.2, -0.15) is 0 Å². The van der Waals surface area contributed by atoms with Gasteiger partial charge in [0.15, 0.2) is 0 Å². The SMILES string of the molecule is COC1CCC(c2cccc(CO)c2Cl)CC1. The maximum absolute atomic E-state index is 9.22. The van der Waals surface area contributed by atoms with Crippen LogP contribution in [0.3, 0.4) is 0 Å². The topological polar surface area (TPSA) is 29.5 Å². The summed E-state index contributed by atoms with van der Waals surface area (Å²) in [5.41, 5.74) is 2.02. The minimum Gasteiger partial charge on any atom is -0.392 e. The van der Waals surface area contributed by atoms with Crippen LogP contribution in [0.1, 0.15) is 42.7 Å². The quantitative estimate of drug-likeness (QED) is 0.895. The van der Waals surface area contributed by atoms with Gasteiger partial charge in [-0.05, 0) is 42.7 Å². The van der Waals surface area contributed by atoms with Gasteiger partial charge < -0.3 is 9.84 Å². The van der Waals surface area contributed by atoms with E-state index >= 15 is 0 Å². The zero-order valence-corrected chi connectivity index (χ0v) is 10.9. The zero-order valence-electron chi connectivity index (χ0n) is 10.2. The Balaban J connectivity index is 2.13. The van der Waals surface area contributed by atoms with E-state index in [-0.39, 0.29) is 6.61 Å². The van der Waals surface area contributed by atoms with E-state index in [2.05, 4.69) is 6.07 Å². The Kier molecular flexibility index (Phi) is 4.43. The van der Waals surface area contributed by atoms with E-state index in [9.17, 15) is 5.11 Å². The molecule has 0 saturated heterocycles. The molecule has 0 aliphatic heterocycles. The molecule has 2 rings (SSSR count). The van der Waals surface area contributed by atoms with Crippen LogP contribution in [0.4, 0.5) is 0 Å². The lowest BCUT2D eigenvalue weighted by Gasteiger charge is -2.28. The fraction of sp³-hybridized carbons (Fsp3) is 0.571. The minimum absolute atomic E-state index is 0.0140. The highest BCUT2D eigenvalue weighted by atomic mass is 35.5. The van der Waals surface area contributed by atoms with Crippen LogP contribution >= 0.6 is 11.6 Å². The fourth-order valence-corrected chi connectivity index (χ4v) is 2.99. The Morgan fingerprint density at radius 1 is 1.29 bits per heavy atom. The van der Waals surface area contributed by atoms with Gasteiger partial charge in [-0.3, -0.25) is 0 Å². The molecule has 1 fully saturated rings. The van der Waals surface area contributed by atoms with Crippen LogP contribution in [-0.4, -0.2) is 18.3 Å². The van der Waals surface area contributed by atoms with E-state index in [0.717, 1.165) is 36.3 Å². The molecule has 1 aliphatic rings. The number of hydrogen-bond donors (Lipinski definition) is 1. The molecular weight excluding hydrogens is 236 g/mol. The summed E-state index contributed by atoms with van der Waals surface area (Å²) in [5, 5.41) is 9.96. The second kappa shape index (κ2) is 5.85. The molecule has 1 aliphatic carbocycles. The minimum atomic E-state index is 0.0140. The first-order valence-corrected chi connectivity index (χ1v) is 6.55. The Hall–Kier alpha value is -0.570. The normalized spacial score (nSPS) is 24.9. The molecule has 0 atom stereocenters. The molecule has 3 heteroatoms. The molecule has 0 amide bonds. The average molecular weight is 255 g/mol. The highest BCUT2D eigenvalue weighted by Crippen LogP contribution is 2.38. The fourth-order valence-electron chi connectivity index (χ4n) is 2.65. The van der Waals surface area contributed by atoms with Gasteiger partial charge in [0.1, 0.15) is 0 Å². The van der Waals surface area contributed by atoms with Crippen LogP contribution in [0.2, 0.25) is 5.02 Å². The molecule has 1 aromatic rings. The number of ether oxygens (including phenoxy) is 1. The zero-order chi connectivity index (χ0) is 12.3. The van der Waals surface area contributed by atoms with Crippen molar-refractivity contribution in [2.24, 2.45) is 0 Å². The third-order valence-electron chi connectivity index (χ3n) is 3.73. The molecule has 2 nitrogen and oxygen atoms in total. The van der Waals surface area contributed by atoms with Gasteiger partial charge in [-0.1, -0.05) is 29.8 Å². The molecule has 0 radical (unpaired) electrons. The van der Waals surface area contributed by atoms with Gasteiger partial charge in [-0.25, -0.2) is 0 Å². The van der Waals surface area contributed by atoms with Crippen molar-refractivity contribution in [3.8, 4) is 0 Å². The van der Waals surface area contributed by atoms with Crippen molar-refractivity contribution in [2.75, 3.05) is 7.11 Å². The van der Waals surface area contributed by atoms with Crippen LogP contribution in [0.5, 0.6) is 0 Å². The van der Waals surface area contributed by atoms with Crippen molar-refractivity contribution in [2.45, 2.75) is 44.3 Å². The first-order chi connectivity index (χ1) is 8.26. The van der Waals surface area contributed by atoms with Gasteiger partial charge in [0, 0.05) is 12.1 Å². The monoisotopic (exact) mass is 254 g/mol. The summed E-state index contributed by atoms with van der Waals surface area (Å²) >= 11 is 6.32. The van der Waals surface area contributed by atoms with E-state index in [1.54, 1.807) is 7.11 Å². The summed E-state index contributed by atoms with van der Waals surface area (Å²) in [4.78, 5) is 0. The van der Waals surface area contributed by atoms with Crippen LogP contribution in [0.15, 0.2) is 18.2 Å². The van der Waals surface area contributed by atoms with Crippen LogP contribution in [0.25, 0.3) is 0 Å². The third-order valence-corrected chi connectivity index (χ3v) is 4.19. The lowest BCUT2D eigenvalue weighted by Crippen LogP contribution is -2.19. The number of benzene rings is 1. The van der Waals surface area contributed by atoms with E-state index in [1.807, 2.05) is 12.1 Å². The molecule has 1 saturated carbocycles. The largest absolute Gasteiger partial charge is 0.392 e. The first kappa shape index (κ1) is 12.9. The van der Waals surface area contributed by atoms with Crippen LogP contribution in [-0.2, 0) is 11.3 Å². The molecule has 0 unspecified atom stereocenters. The Labute approximate surface area is 108 Å². The summed E-state index contributed by atoms with van der Waals surface area (Å²) in [7, 11) is 1.78. The predicted octanol–water partition coefficient (Wildman–Crippen LogP) is 3.50. The number of aliphatic hydroxyl groups excluding tert-OH is 1. The number of halogens is 1. The predicted molar refractivity (Wildman–Crippen MR) is 69.4 cm³/mol. The highest BCUT2D eigenvalue weighted by Gasteiger charge is 2.24. The Morgan fingerprint density at radius 3 is 2.59 bits per heavy atom. The first-order valence-electron chi connectivity index (χ1n) is 6.17. The van der Waals surface area contributed by atoms with E-state index in [1.165, 1.54) is 5.56 Å². The van der Waals surface area contributed by atoms with Crippen molar-refractivity contribution in [3.63, 3.8) is 0 Å². The summed E-state index contributed by atoms with van der Waals surface area (Å²) in [6, 6.07) is 5.95. The van der Waals surface area contributed by atoms with Gasteiger partial charge in [0.2, 0.25) is 0 Å². The smallest absolute Gasteiger partial charge is 0.0696 e. The van der Waals surface area contributed by atoms with Crippen molar-refractivity contribution < 1.29 is 9.84 Å². The van der Waals surface area contributed by atoms with E-state index in [4.69, 9.17) is 16.3 Å². The molecular formula is C14H19ClO2. The standard InChI is InChI=1S/C14H19ClO2/c1-17-12-7-5-10(6-8-12)13-4-2-3-11(9-16)14(13)15/h2-4,10,12,16H,5-9H2,1H3. The molecule has 1 aromatic carbocycles. The molecule has 0 bridgehead atoms. The highest BCUT2D eigenvalue weighted by molar-refractivity contribution is 6.32. The maximum Gasteiger partial charge on any atom is 0.0696 e. The van der Waals surface area contributed by atoms with Gasteiger partial charge in [-0.15, -0.1) is 0 Å². The van der Waals surface area contributed by atoms with Crippen molar-refractivity contribution >= 4 is 11.6 Å². The molecule has 0 spiro atoms. The number of rotatable bonds is 3. The second-order valence-electron chi connectivity index (χ2n) is 4.69. The average Bonchev–Trinajstić information content (AvgIpc) is 2.39. The Bertz CT molecular complexity index is 370. The lowest BCUT2D eigenvalue weighted by atomic mass is 9.82. The number of methoxy groups -OCH3 is 1. The summed E-state index contributed by atoms with van der Waals surface area (Å²) in [6.45, 7) is 0.0140. The van der Waals surface area contributed by atoms with Gasteiger partial charge >= 0.3 is 0 Å². The molecule has 17 heavy (non-hydrogen) atoms. The number of hydrogen-bond acceptors (Lipinski definition) is 2. The van der Waals surface area contributed by atoms with Crippen molar-refractivity contribution in [1.29, 1.82) is 0 Å². The van der Waals surface area contributed by atoms with Crippen LogP contribution < -0.4 is 0 Å². The molecule has 0 aromatic heterocycles. The van der Waals surface area contributed by atoms with E-state index in [0.29, 0.717) is 12.0 Å². The lowest BCUT2D eigenvalue weighted by molar-refractivity contribution is 0.0658. The maximum atomic E-state index is 9.22. The summed E-state index contributed by atoms with van der Waals surface area (Å²) in [6.07, 6.45) is 4.84. The molecule has 1 N–H and O–H groups in total. The van der Waals surface area contributed by atoms with Gasteiger partial charge in [0.05, 0.1) is 12.7 Å². The Morgan fingerprint density at radius 2 is 2.00 bits per heavy atom. The van der Waals surface area contributed by atoms with Crippen molar-refractivity contribution in [1.82, 2.24) is 0 Å². The van der Waals surface area contributed by atoms with E-state index < -0.39 is 0 Å². The second-order valence-corrected chi connectivity index (χ2v) is 5.07. The molecule has 94 valence electrons.